The Morgan fingerprint density at radius 2 is 1.53 bits per heavy atom. The number of hydrogen-bond donors (Lipinski definition) is 1. The van der Waals surface area contributed by atoms with Crippen LogP contribution in [0.2, 0.25) is 0 Å². The van der Waals surface area contributed by atoms with Gasteiger partial charge in [-0.3, -0.25) is 4.90 Å². The van der Waals surface area contributed by atoms with E-state index in [4.69, 9.17) is 4.74 Å². The molecule has 2 saturated heterocycles. The van der Waals surface area contributed by atoms with Crippen LogP contribution >= 0.6 is 0 Å². The summed E-state index contributed by atoms with van der Waals surface area (Å²) in [4.78, 5) is 5.16. The zero-order valence-electron chi connectivity index (χ0n) is 12.1. The molecule has 0 unspecified atom stereocenters. The first-order chi connectivity index (χ1) is 9.28. The van der Waals surface area contributed by atoms with E-state index in [1.165, 1.54) is 51.6 Å². The highest BCUT2D eigenvalue weighted by molar-refractivity contribution is 4.91. The summed E-state index contributed by atoms with van der Waals surface area (Å²) < 4.78 is 5.34. The summed E-state index contributed by atoms with van der Waals surface area (Å²) in [5, 5.41) is 9.94. The van der Waals surface area contributed by atoms with Gasteiger partial charge < -0.3 is 14.7 Å². The van der Waals surface area contributed by atoms with E-state index in [1.54, 1.807) is 7.11 Å². The van der Waals surface area contributed by atoms with Crippen molar-refractivity contribution in [2.75, 3.05) is 33.3 Å². The quantitative estimate of drug-likeness (QED) is 0.831. The second kappa shape index (κ2) is 6.08. The lowest BCUT2D eigenvalue weighted by Crippen LogP contribution is -2.47. The minimum absolute atomic E-state index is 0.0212. The number of likely N-dealkylation sites (tertiary alicyclic amines) is 2. The minimum atomic E-state index is -0.294. The predicted molar refractivity (Wildman–Crippen MR) is 75.2 cm³/mol. The van der Waals surface area contributed by atoms with Crippen molar-refractivity contribution in [1.29, 1.82) is 0 Å². The van der Waals surface area contributed by atoms with E-state index >= 15 is 0 Å². The smallest absolute Gasteiger partial charge is 0.0969 e. The fraction of sp³-hybridized carbons (Fsp3) is 1.00. The molecule has 3 aliphatic rings. The largest absolute Gasteiger partial charge is 0.389 e. The second-order valence-electron chi connectivity index (χ2n) is 6.50. The van der Waals surface area contributed by atoms with Crippen LogP contribution < -0.4 is 0 Å². The summed E-state index contributed by atoms with van der Waals surface area (Å²) in [6, 6.07) is 1.53. The molecule has 19 heavy (non-hydrogen) atoms. The summed E-state index contributed by atoms with van der Waals surface area (Å²) in [7, 11) is 1.71. The lowest BCUT2D eigenvalue weighted by molar-refractivity contribution is 0.0212. The zero-order valence-corrected chi connectivity index (χ0v) is 12.1. The van der Waals surface area contributed by atoms with Gasteiger partial charge >= 0.3 is 0 Å². The molecule has 4 nitrogen and oxygen atoms in total. The van der Waals surface area contributed by atoms with Crippen LogP contribution in [0.3, 0.4) is 0 Å². The number of methoxy groups -OCH3 is 1. The Morgan fingerprint density at radius 3 is 2.11 bits per heavy atom. The third kappa shape index (κ3) is 2.97. The predicted octanol–water partition coefficient (Wildman–Crippen LogP) is 1.08. The summed E-state index contributed by atoms with van der Waals surface area (Å²) in [6.45, 7) is 4.21. The Hall–Kier alpha value is -0.160. The molecule has 0 aromatic rings. The first-order valence-corrected chi connectivity index (χ1v) is 7.97. The van der Waals surface area contributed by atoms with Gasteiger partial charge in [-0.25, -0.2) is 0 Å². The number of hydrogen-bond acceptors (Lipinski definition) is 4. The van der Waals surface area contributed by atoms with Crippen molar-refractivity contribution in [3.05, 3.63) is 0 Å². The Bertz CT molecular complexity index is 286. The highest BCUT2D eigenvalue weighted by atomic mass is 16.5. The van der Waals surface area contributed by atoms with Gasteiger partial charge in [0.2, 0.25) is 0 Å². The van der Waals surface area contributed by atoms with Crippen LogP contribution in [-0.4, -0.2) is 72.5 Å². The molecule has 2 aliphatic heterocycles. The van der Waals surface area contributed by atoms with Crippen LogP contribution in [0.4, 0.5) is 0 Å². The molecule has 0 spiro atoms. The molecule has 0 radical (unpaired) electrons. The molecule has 0 aromatic heterocycles. The summed E-state index contributed by atoms with van der Waals surface area (Å²) in [6.07, 6.45) is 7.94. The van der Waals surface area contributed by atoms with Crippen LogP contribution in [0.1, 0.15) is 38.5 Å². The maximum absolute atomic E-state index is 9.94. The van der Waals surface area contributed by atoms with E-state index in [9.17, 15) is 5.11 Å². The van der Waals surface area contributed by atoms with Crippen LogP contribution in [0.25, 0.3) is 0 Å². The lowest BCUT2D eigenvalue weighted by atomic mass is 10.0. The number of piperidine rings is 1. The fourth-order valence-corrected chi connectivity index (χ4v) is 4.20. The van der Waals surface area contributed by atoms with Gasteiger partial charge in [-0.05, 0) is 38.8 Å². The van der Waals surface area contributed by atoms with Crippen molar-refractivity contribution in [2.24, 2.45) is 0 Å². The molecule has 4 heteroatoms. The molecule has 0 amide bonds. The van der Waals surface area contributed by atoms with Crippen molar-refractivity contribution in [1.82, 2.24) is 9.80 Å². The molecule has 2 atom stereocenters. The van der Waals surface area contributed by atoms with Gasteiger partial charge in [0.05, 0.1) is 12.2 Å². The molecule has 1 N–H and O–H groups in total. The molecular weight excluding hydrogens is 240 g/mol. The molecule has 0 aromatic carbocycles. The van der Waals surface area contributed by atoms with E-state index in [2.05, 4.69) is 9.80 Å². The molecule has 2 heterocycles. The maximum Gasteiger partial charge on any atom is 0.0969 e. The third-order valence-electron chi connectivity index (χ3n) is 5.42. The highest BCUT2D eigenvalue weighted by Crippen LogP contribution is 2.28. The topological polar surface area (TPSA) is 35.9 Å². The summed E-state index contributed by atoms with van der Waals surface area (Å²) in [5.41, 5.74) is 0. The van der Waals surface area contributed by atoms with Crippen molar-refractivity contribution in [3.63, 3.8) is 0 Å². The number of β-amino-alcohol motifs (C(OH)–C–C–N with tert-alkyl or cyclic N) is 1. The molecule has 110 valence electrons. The minimum Gasteiger partial charge on any atom is -0.389 e. The van der Waals surface area contributed by atoms with E-state index < -0.39 is 0 Å². The van der Waals surface area contributed by atoms with Gasteiger partial charge in [0.25, 0.3) is 0 Å². The molecule has 0 bridgehead atoms. The van der Waals surface area contributed by atoms with Crippen molar-refractivity contribution in [3.8, 4) is 0 Å². The first-order valence-electron chi connectivity index (χ1n) is 7.97. The number of aliphatic hydroxyl groups excluding tert-OH is 1. The molecular formula is C15H28N2O2. The number of nitrogens with zero attached hydrogens (tertiary/aromatic N) is 2. The lowest BCUT2D eigenvalue weighted by Gasteiger charge is -2.39. The Kier molecular flexibility index (Phi) is 4.42. The molecule has 1 aliphatic carbocycles. The Labute approximate surface area is 116 Å². The number of ether oxygens (including phenoxy) is 1. The van der Waals surface area contributed by atoms with Crippen molar-refractivity contribution < 1.29 is 9.84 Å². The van der Waals surface area contributed by atoms with Crippen LogP contribution in [0.15, 0.2) is 0 Å². The SMILES string of the molecule is CO[C@H]1CN(C2CCN(C3CCCC3)CC2)C[C@@H]1O. The van der Waals surface area contributed by atoms with E-state index in [-0.39, 0.29) is 12.2 Å². The van der Waals surface area contributed by atoms with Crippen LogP contribution in [0.5, 0.6) is 0 Å². The fourth-order valence-electron chi connectivity index (χ4n) is 4.20. The Morgan fingerprint density at radius 1 is 0.895 bits per heavy atom. The third-order valence-corrected chi connectivity index (χ3v) is 5.42. The first kappa shape index (κ1) is 13.8. The van der Waals surface area contributed by atoms with Gasteiger partial charge in [0, 0.05) is 32.3 Å². The number of aliphatic hydroxyl groups is 1. The van der Waals surface area contributed by atoms with Crippen LogP contribution in [-0.2, 0) is 4.74 Å². The van der Waals surface area contributed by atoms with E-state index in [0.717, 1.165) is 19.1 Å². The summed E-state index contributed by atoms with van der Waals surface area (Å²) in [5.74, 6) is 0. The maximum atomic E-state index is 9.94. The zero-order chi connectivity index (χ0) is 13.2. The average molecular weight is 268 g/mol. The van der Waals surface area contributed by atoms with Crippen LogP contribution in [0, 0.1) is 0 Å². The average Bonchev–Trinajstić information content (AvgIpc) is 3.08. The van der Waals surface area contributed by atoms with Gasteiger partial charge in [0.15, 0.2) is 0 Å². The van der Waals surface area contributed by atoms with Gasteiger partial charge in [-0.15, -0.1) is 0 Å². The molecule has 3 fully saturated rings. The van der Waals surface area contributed by atoms with Crippen molar-refractivity contribution >= 4 is 0 Å². The van der Waals surface area contributed by atoms with Gasteiger partial charge in [0.1, 0.15) is 0 Å². The normalized spacial score (nSPS) is 36.3. The molecule has 3 rings (SSSR count). The molecule has 1 saturated carbocycles. The van der Waals surface area contributed by atoms with Gasteiger partial charge in [-0.1, -0.05) is 12.8 Å². The Balaban J connectivity index is 1.47. The van der Waals surface area contributed by atoms with E-state index in [1.807, 2.05) is 0 Å². The van der Waals surface area contributed by atoms with E-state index in [0.29, 0.717) is 6.04 Å². The monoisotopic (exact) mass is 268 g/mol. The van der Waals surface area contributed by atoms with Gasteiger partial charge in [-0.2, -0.15) is 0 Å². The summed E-state index contributed by atoms with van der Waals surface area (Å²) >= 11 is 0. The highest BCUT2D eigenvalue weighted by Gasteiger charge is 2.37. The standard InChI is InChI=1S/C15H28N2O2/c1-19-15-11-17(10-14(15)18)13-6-8-16(9-7-13)12-4-2-3-5-12/h12-15,18H,2-11H2,1H3/t14-,15-/m0/s1. The second-order valence-corrected chi connectivity index (χ2v) is 6.50. The van der Waals surface area contributed by atoms with Crippen molar-refractivity contribution in [2.45, 2.75) is 62.8 Å². The number of rotatable bonds is 3.